The van der Waals surface area contributed by atoms with Gasteiger partial charge >= 0.3 is 12.1 Å². The van der Waals surface area contributed by atoms with Crippen LogP contribution in [-0.4, -0.2) is 27.8 Å². The van der Waals surface area contributed by atoms with E-state index < -0.39 is 28.4 Å². The third kappa shape index (κ3) is 2.19. The highest BCUT2D eigenvalue weighted by Gasteiger charge is 2.65. The highest BCUT2D eigenvalue weighted by Crippen LogP contribution is 2.45. The van der Waals surface area contributed by atoms with Crippen LogP contribution < -0.4 is 11.1 Å². The molecule has 0 amide bonds. The van der Waals surface area contributed by atoms with Gasteiger partial charge in [0.2, 0.25) is 0 Å². The van der Waals surface area contributed by atoms with Crippen LogP contribution in [0, 0.1) is 0 Å². The summed E-state index contributed by atoms with van der Waals surface area (Å²) in [5, 5.41) is 10.2. The summed E-state index contributed by atoms with van der Waals surface area (Å²) < 4.78 is 40.3. The Morgan fingerprint density at radius 2 is 2.14 bits per heavy atom. The van der Waals surface area contributed by atoms with Crippen LogP contribution in [0.1, 0.15) is 12.5 Å². The number of carboxylic acid groups (broad SMARTS) is 1. The number of allylic oxidation sites excluding steroid dienone is 1. The summed E-state index contributed by atoms with van der Waals surface area (Å²) in [7, 11) is 0. The number of halogens is 4. The normalized spacial score (nSPS) is 22.6. The summed E-state index contributed by atoms with van der Waals surface area (Å²) in [6.45, 7) is 1.44. The standard InChI is InChI=1S/C13H11ClF3N3O2/c1-6-8(18)10(14)12(11(21)22,13(15,16)17)20-9(6)7-3-2-4-19-5-7/h2-5,20H,18H2,1H3,(H,21,22). The Bertz CT molecular complexity index is 686. The molecule has 0 fully saturated rings. The van der Waals surface area contributed by atoms with Crippen molar-refractivity contribution in [3.05, 3.63) is 46.4 Å². The first-order valence-corrected chi connectivity index (χ1v) is 6.36. The molecule has 0 aromatic carbocycles. The molecule has 2 heterocycles. The average molecular weight is 334 g/mol. The van der Waals surface area contributed by atoms with Gasteiger partial charge in [0, 0.05) is 23.7 Å². The number of rotatable bonds is 2. The fraction of sp³-hybridized carbons (Fsp3) is 0.231. The molecule has 1 aliphatic heterocycles. The number of hydrogen-bond acceptors (Lipinski definition) is 4. The summed E-state index contributed by atoms with van der Waals surface area (Å²) in [6, 6.07) is 2.98. The summed E-state index contributed by atoms with van der Waals surface area (Å²) in [6.07, 6.45) is -2.47. The minimum absolute atomic E-state index is 0.0882. The van der Waals surface area contributed by atoms with E-state index in [9.17, 15) is 18.0 Å². The van der Waals surface area contributed by atoms with Gasteiger partial charge in [0.05, 0.1) is 10.7 Å². The molecular weight excluding hydrogens is 323 g/mol. The number of alkyl halides is 3. The Balaban J connectivity index is 2.73. The molecule has 4 N–H and O–H groups in total. The van der Waals surface area contributed by atoms with Crippen LogP contribution in [-0.2, 0) is 4.79 Å². The van der Waals surface area contributed by atoms with Crippen LogP contribution in [0.4, 0.5) is 13.2 Å². The zero-order valence-corrected chi connectivity index (χ0v) is 12.0. The Kier molecular flexibility index (Phi) is 3.82. The van der Waals surface area contributed by atoms with E-state index >= 15 is 0 Å². The van der Waals surface area contributed by atoms with Gasteiger partial charge in [-0.25, -0.2) is 4.79 Å². The van der Waals surface area contributed by atoms with Crippen molar-refractivity contribution in [1.82, 2.24) is 10.3 Å². The minimum Gasteiger partial charge on any atom is -0.479 e. The third-order valence-corrected chi connectivity index (χ3v) is 3.84. The third-order valence-electron chi connectivity index (χ3n) is 3.35. The average Bonchev–Trinajstić information content (AvgIpc) is 2.44. The van der Waals surface area contributed by atoms with E-state index in [0.29, 0.717) is 0 Å². The first kappa shape index (κ1) is 16.2. The molecule has 0 saturated heterocycles. The van der Waals surface area contributed by atoms with Crippen molar-refractivity contribution < 1.29 is 23.1 Å². The Hall–Kier alpha value is -2.22. The lowest BCUT2D eigenvalue weighted by Gasteiger charge is -2.38. The summed E-state index contributed by atoms with van der Waals surface area (Å²) in [5.41, 5.74) is 2.08. The van der Waals surface area contributed by atoms with E-state index in [1.54, 1.807) is 0 Å². The Morgan fingerprint density at radius 1 is 1.50 bits per heavy atom. The first-order valence-electron chi connectivity index (χ1n) is 5.98. The van der Waals surface area contributed by atoms with E-state index in [0.717, 1.165) is 0 Å². The SMILES string of the molecule is CC1=C(c2cccnc2)NC(C(=O)O)(C(F)(F)F)C(Cl)=C1N. The molecule has 0 spiro atoms. The van der Waals surface area contributed by atoms with Crippen LogP contribution in [0.25, 0.3) is 5.70 Å². The fourth-order valence-corrected chi connectivity index (χ4v) is 2.48. The van der Waals surface area contributed by atoms with Gasteiger partial charge in [0.25, 0.3) is 5.54 Å². The second-order valence-corrected chi connectivity index (χ2v) is 5.03. The lowest BCUT2D eigenvalue weighted by atomic mass is 9.88. The van der Waals surface area contributed by atoms with Gasteiger partial charge < -0.3 is 16.2 Å². The van der Waals surface area contributed by atoms with Crippen molar-refractivity contribution in [2.75, 3.05) is 0 Å². The van der Waals surface area contributed by atoms with Crippen molar-refractivity contribution in [3.8, 4) is 0 Å². The van der Waals surface area contributed by atoms with Crippen LogP contribution in [0.2, 0.25) is 0 Å². The molecule has 0 aliphatic carbocycles. The zero-order chi connectivity index (χ0) is 16.7. The number of aliphatic carboxylic acids is 1. The maximum Gasteiger partial charge on any atom is 0.427 e. The van der Waals surface area contributed by atoms with Crippen LogP contribution in [0.5, 0.6) is 0 Å². The largest absolute Gasteiger partial charge is 0.479 e. The molecule has 1 atom stereocenters. The molecule has 1 aromatic heterocycles. The van der Waals surface area contributed by atoms with E-state index in [1.165, 1.54) is 31.5 Å². The molecule has 9 heteroatoms. The zero-order valence-electron chi connectivity index (χ0n) is 11.2. The smallest absolute Gasteiger partial charge is 0.427 e. The van der Waals surface area contributed by atoms with Gasteiger partial charge in [0.1, 0.15) is 0 Å². The van der Waals surface area contributed by atoms with Crippen LogP contribution in [0.3, 0.4) is 0 Å². The summed E-state index contributed by atoms with van der Waals surface area (Å²) in [4.78, 5) is 15.2. The molecule has 1 aromatic rings. The number of nitrogens with one attached hydrogen (secondary N) is 1. The Labute approximate surface area is 128 Å². The number of dihydropyridines is 1. The molecule has 22 heavy (non-hydrogen) atoms. The maximum atomic E-state index is 13.4. The lowest BCUT2D eigenvalue weighted by molar-refractivity contribution is -0.197. The molecule has 0 radical (unpaired) electrons. The number of nitrogens with zero attached hydrogens (tertiary/aromatic N) is 1. The monoisotopic (exact) mass is 333 g/mol. The number of pyridine rings is 1. The quantitative estimate of drug-likeness (QED) is 0.772. The molecule has 5 nitrogen and oxygen atoms in total. The second-order valence-electron chi connectivity index (χ2n) is 4.65. The number of carbonyl (C=O) groups is 1. The molecular formula is C13H11ClF3N3O2. The van der Waals surface area contributed by atoms with Gasteiger partial charge in [-0.3, -0.25) is 4.98 Å². The van der Waals surface area contributed by atoms with Crippen molar-refractivity contribution in [3.63, 3.8) is 0 Å². The summed E-state index contributed by atoms with van der Waals surface area (Å²) >= 11 is 5.66. The fourth-order valence-electron chi connectivity index (χ4n) is 2.10. The molecule has 0 bridgehead atoms. The topological polar surface area (TPSA) is 88.2 Å². The van der Waals surface area contributed by atoms with Crippen LogP contribution >= 0.6 is 11.6 Å². The van der Waals surface area contributed by atoms with Crippen LogP contribution in [0.15, 0.2) is 40.8 Å². The molecule has 2 rings (SSSR count). The highest BCUT2D eigenvalue weighted by molar-refractivity contribution is 6.34. The van der Waals surface area contributed by atoms with E-state index in [2.05, 4.69) is 4.98 Å². The molecule has 0 saturated carbocycles. The van der Waals surface area contributed by atoms with Gasteiger partial charge in [-0.05, 0) is 24.6 Å². The molecule has 1 aliphatic rings. The molecule has 1 unspecified atom stereocenters. The van der Waals surface area contributed by atoms with Crippen molar-refractivity contribution >= 4 is 23.3 Å². The molecule has 118 valence electrons. The number of hydrogen-bond donors (Lipinski definition) is 3. The van der Waals surface area contributed by atoms with E-state index in [4.69, 9.17) is 22.4 Å². The second kappa shape index (κ2) is 5.20. The van der Waals surface area contributed by atoms with Gasteiger partial charge in [-0.1, -0.05) is 11.6 Å². The number of carboxylic acids is 1. The van der Waals surface area contributed by atoms with Crippen molar-refractivity contribution in [1.29, 1.82) is 0 Å². The minimum atomic E-state index is -5.20. The van der Waals surface area contributed by atoms with Gasteiger partial charge in [-0.15, -0.1) is 0 Å². The number of nitrogens with two attached hydrogens (primary N) is 1. The Morgan fingerprint density at radius 3 is 2.59 bits per heavy atom. The van der Waals surface area contributed by atoms with Gasteiger partial charge in [-0.2, -0.15) is 13.2 Å². The van der Waals surface area contributed by atoms with Crippen molar-refractivity contribution in [2.24, 2.45) is 5.73 Å². The van der Waals surface area contributed by atoms with Gasteiger partial charge in [0.15, 0.2) is 0 Å². The predicted octanol–water partition coefficient (Wildman–Crippen LogP) is 2.21. The highest BCUT2D eigenvalue weighted by atomic mass is 35.5. The van der Waals surface area contributed by atoms with E-state index in [-0.39, 0.29) is 16.8 Å². The summed E-state index contributed by atoms with van der Waals surface area (Å²) in [5.74, 6) is -2.19. The van der Waals surface area contributed by atoms with Crippen molar-refractivity contribution in [2.45, 2.75) is 18.6 Å². The van der Waals surface area contributed by atoms with E-state index in [1.807, 2.05) is 5.32 Å². The first-order chi connectivity index (χ1) is 10.1. The predicted molar refractivity (Wildman–Crippen MR) is 73.5 cm³/mol. The lowest BCUT2D eigenvalue weighted by Crippen LogP contribution is -2.64. The number of aromatic nitrogens is 1. The maximum absolute atomic E-state index is 13.4.